The van der Waals surface area contributed by atoms with Crippen molar-refractivity contribution in [3.05, 3.63) is 35.4 Å². The molecule has 1 N–H and O–H groups in total. The number of halogens is 1. The third kappa shape index (κ3) is 1.54. The van der Waals surface area contributed by atoms with Crippen molar-refractivity contribution in [2.75, 3.05) is 0 Å². The summed E-state index contributed by atoms with van der Waals surface area (Å²) in [5, 5.41) is 8.61. The first-order chi connectivity index (χ1) is 4.86. The lowest BCUT2D eigenvalue weighted by Gasteiger charge is -1.95. The van der Waals surface area contributed by atoms with Gasteiger partial charge in [-0.1, -0.05) is 24.3 Å². The van der Waals surface area contributed by atoms with Crippen LogP contribution in [0.4, 0.5) is 4.39 Å². The number of rotatable bonds is 2. The van der Waals surface area contributed by atoms with E-state index >= 15 is 0 Å². The minimum atomic E-state index is -0.439. The first kappa shape index (κ1) is 7.22. The second-order valence-corrected chi connectivity index (χ2v) is 2.11. The standard InChI is InChI=1S/C8H9FO/c9-5-7-1-3-8(6-10)4-2-7/h1-4,10H,5-6H2. The molecule has 0 aliphatic rings. The lowest BCUT2D eigenvalue weighted by molar-refractivity contribution is 0.282. The van der Waals surface area contributed by atoms with Gasteiger partial charge in [0, 0.05) is 0 Å². The minimum Gasteiger partial charge on any atom is -0.392 e. The van der Waals surface area contributed by atoms with Gasteiger partial charge in [0.2, 0.25) is 0 Å². The first-order valence-corrected chi connectivity index (χ1v) is 3.11. The van der Waals surface area contributed by atoms with Crippen LogP contribution in [0, 0.1) is 0 Å². The van der Waals surface area contributed by atoms with Crippen LogP contribution in [0.5, 0.6) is 0 Å². The van der Waals surface area contributed by atoms with Crippen molar-refractivity contribution in [3.8, 4) is 0 Å². The maximum absolute atomic E-state index is 11.9. The fourth-order valence-corrected chi connectivity index (χ4v) is 0.734. The van der Waals surface area contributed by atoms with Crippen LogP contribution < -0.4 is 0 Å². The second kappa shape index (κ2) is 3.32. The summed E-state index contributed by atoms with van der Waals surface area (Å²) in [6.07, 6.45) is 0. The van der Waals surface area contributed by atoms with Crippen molar-refractivity contribution in [2.24, 2.45) is 0 Å². The number of hydrogen-bond acceptors (Lipinski definition) is 1. The average Bonchev–Trinajstić information content (AvgIpc) is 2.05. The van der Waals surface area contributed by atoms with Gasteiger partial charge in [0.25, 0.3) is 0 Å². The van der Waals surface area contributed by atoms with Gasteiger partial charge in [-0.25, -0.2) is 4.39 Å². The Labute approximate surface area is 59.1 Å². The summed E-state index contributed by atoms with van der Waals surface area (Å²) in [7, 11) is 0. The smallest absolute Gasteiger partial charge is 0.115 e. The molecule has 0 spiro atoms. The van der Waals surface area contributed by atoms with Crippen LogP contribution in [-0.2, 0) is 13.3 Å². The number of alkyl halides is 1. The molecule has 0 amide bonds. The van der Waals surface area contributed by atoms with Gasteiger partial charge in [-0.15, -0.1) is 0 Å². The summed E-state index contributed by atoms with van der Waals surface area (Å²) >= 11 is 0. The lowest BCUT2D eigenvalue weighted by atomic mass is 10.2. The van der Waals surface area contributed by atoms with E-state index in [0.717, 1.165) is 5.56 Å². The maximum atomic E-state index is 11.9. The molecule has 0 saturated heterocycles. The number of aliphatic hydroxyl groups excluding tert-OH is 1. The zero-order valence-corrected chi connectivity index (χ0v) is 5.55. The molecule has 54 valence electrons. The highest BCUT2D eigenvalue weighted by molar-refractivity contribution is 5.21. The van der Waals surface area contributed by atoms with E-state index in [-0.39, 0.29) is 6.61 Å². The molecular formula is C8H9FO. The highest BCUT2D eigenvalue weighted by Crippen LogP contribution is 2.04. The summed E-state index contributed by atoms with van der Waals surface area (Å²) in [6, 6.07) is 6.78. The Bertz CT molecular complexity index is 170. The zero-order valence-electron chi connectivity index (χ0n) is 5.55. The molecule has 0 aliphatic carbocycles. The molecular weight excluding hydrogens is 131 g/mol. The molecule has 0 saturated carbocycles. The quantitative estimate of drug-likeness (QED) is 0.662. The molecule has 10 heavy (non-hydrogen) atoms. The maximum Gasteiger partial charge on any atom is 0.115 e. The monoisotopic (exact) mass is 140 g/mol. The fraction of sp³-hybridized carbons (Fsp3) is 0.250. The Morgan fingerprint density at radius 2 is 1.60 bits per heavy atom. The van der Waals surface area contributed by atoms with Crippen LogP contribution >= 0.6 is 0 Å². The van der Waals surface area contributed by atoms with Crippen LogP contribution in [0.1, 0.15) is 11.1 Å². The van der Waals surface area contributed by atoms with Gasteiger partial charge in [0.1, 0.15) is 6.67 Å². The highest BCUT2D eigenvalue weighted by atomic mass is 19.1. The van der Waals surface area contributed by atoms with E-state index in [1.165, 1.54) is 0 Å². The van der Waals surface area contributed by atoms with E-state index in [1.54, 1.807) is 24.3 Å². The molecule has 1 aromatic rings. The van der Waals surface area contributed by atoms with Crippen LogP contribution in [0.2, 0.25) is 0 Å². The molecule has 0 unspecified atom stereocenters. The second-order valence-electron chi connectivity index (χ2n) is 2.11. The molecule has 0 fully saturated rings. The van der Waals surface area contributed by atoms with Crippen molar-refractivity contribution >= 4 is 0 Å². The molecule has 1 aromatic carbocycles. The van der Waals surface area contributed by atoms with Crippen molar-refractivity contribution in [3.63, 3.8) is 0 Å². The van der Waals surface area contributed by atoms with Crippen LogP contribution in [-0.4, -0.2) is 5.11 Å². The van der Waals surface area contributed by atoms with E-state index in [1.807, 2.05) is 0 Å². The average molecular weight is 140 g/mol. The molecule has 1 nitrogen and oxygen atoms in total. The molecule has 1 rings (SSSR count). The van der Waals surface area contributed by atoms with Crippen LogP contribution in [0.15, 0.2) is 24.3 Å². The Morgan fingerprint density at radius 1 is 1.10 bits per heavy atom. The summed E-state index contributed by atoms with van der Waals surface area (Å²) in [6.45, 7) is -0.418. The van der Waals surface area contributed by atoms with E-state index in [0.29, 0.717) is 5.56 Å². The summed E-state index contributed by atoms with van der Waals surface area (Å²) < 4.78 is 11.9. The van der Waals surface area contributed by atoms with Gasteiger partial charge in [0.05, 0.1) is 6.61 Å². The third-order valence-electron chi connectivity index (χ3n) is 1.36. The predicted molar refractivity (Wildman–Crippen MR) is 37.2 cm³/mol. The lowest BCUT2D eigenvalue weighted by Crippen LogP contribution is -1.83. The summed E-state index contributed by atoms with van der Waals surface area (Å²) in [5.41, 5.74) is 1.47. The van der Waals surface area contributed by atoms with E-state index in [4.69, 9.17) is 5.11 Å². The van der Waals surface area contributed by atoms with Crippen molar-refractivity contribution in [2.45, 2.75) is 13.3 Å². The SMILES string of the molecule is OCc1ccc(CF)cc1. The number of hydrogen-bond donors (Lipinski definition) is 1. The highest BCUT2D eigenvalue weighted by Gasteiger charge is 1.90. The molecule has 0 heterocycles. The molecule has 0 aliphatic heterocycles. The van der Waals surface area contributed by atoms with Crippen molar-refractivity contribution in [1.82, 2.24) is 0 Å². The Morgan fingerprint density at radius 3 is 2.00 bits per heavy atom. The normalized spacial score (nSPS) is 9.80. The van der Waals surface area contributed by atoms with Crippen LogP contribution in [0.3, 0.4) is 0 Å². The Hall–Kier alpha value is -0.890. The van der Waals surface area contributed by atoms with Crippen LogP contribution in [0.25, 0.3) is 0 Å². The molecule has 0 bridgehead atoms. The molecule has 0 radical (unpaired) electrons. The first-order valence-electron chi connectivity index (χ1n) is 3.11. The Kier molecular flexibility index (Phi) is 2.40. The van der Waals surface area contributed by atoms with Crippen molar-refractivity contribution < 1.29 is 9.50 Å². The zero-order chi connectivity index (χ0) is 7.40. The van der Waals surface area contributed by atoms with Gasteiger partial charge >= 0.3 is 0 Å². The number of aliphatic hydroxyl groups is 1. The molecule has 0 atom stereocenters. The fourth-order valence-electron chi connectivity index (χ4n) is 0.734. The van der Waals surface area contributed by atoms with Gasteiger partial charge in [-0.05, 0) is 11.1 Å². The topological polar surface area (TPSA) is 20.2 Å². The van der Waals surface area contributed by atoms with Gasteiger partial charge in [-0.3, -0.25) is 0 Å². The largest absolute Gasteiger partial charge is 0.392 e. The van der Waals surface area contributed by atoms with E-state index in [9.17, 15) is 4.39 Å². The Balaban J connectivity index is 2.80. The van der Waals surface area contributed by atoms with Gasteiger partial charge in [0.15, 0.2) is 0 Å². The third-order valence-corrected chi connectivity index (χ3v) is 1.36. The molecule has 0 aromatic heterocycles. The molecule has 2 heteroatoms. The van der Waals surface area contributed by atoms with E-state index in [2.05, 4.69) is 0 Å². The van der Waals surface area contributed by atoms with Gasteiger partial charge in [-0.2, -0.15) is 0 Å². The van der Waals surface area contributed by atoms with Crippen molar-refractivity contribution in [1.29, 1.82) is 0 Å². The van der Waals surface area contributed by atoms with Gasteiger partial charge < -0.3 is 5.11 Å². The van der Waals surface area contributed by atoms with E-state index < -0.39 is 6.67 Å². The minimum absolute atomic E-state index is 0.0204. The summed E-state index contributed by atoms with van der Waals surface area (Å²) in [5.74, 6) is 0. The predicted octanol–water partition coefficient (Wildman–Crippen LogP) is 1.65. The number of benzene rings is 1. The summed E-state index contributed by atoms with van der Waals surface area (Å²) in [4.78, 5) is 0.